The van der Waals surface area contributed by atoms with Crippen LogP contribution in [0.5, 0.6) is 0 Å². The summed E-state index contributed by atoms with van der Waals surface area (Å²) in [6, 6.07) is 5.36. The van der Waals surface area contributed by atoms with Gasteiger partial charge in [-0.2, -0.15) is 0 Å². The van der Waals surface area contributed by atoms with Crippen molar-refractivity contribution in [2.75, 3.05) is 0 Å². The molecule has 0 amide bonds. The summed E-state index contributed by atoms with van der Waals surface area (Å²) in [7, 11) is -3.44. The lowest BCUT2D eigenvalue weighted by Crippen LogP contribution is -2.34. The number of hydrogen-bond donors (Lipinski definition) is 2. The molecule has 0 atom stereocenters. The van der Waals surface area contributed by atoms with Gasteiger partial charge in [-0.3, -0.25) is 0 Å². The van der Waals surface area contributed by atoms with Gasteiger partial charge in [0.25, 0.3) is 0 Å². The molecular weight excluding hydrogens is 284 g/mol. The molecule has 1 aliphatic rings. The summed E-state index contributed by atoms with van der Waals surface area (Å²) in [5, 5.41) is 0. The summed E-state index contributed by atoms with van der Waals surface area (Å²) in [6.45, 7) is 2.42. The number of nitrogens with one attached hydrogen (secondary N) is 1. The standard InChI is InChI=1S/C16H26N2O2S/c1-2-13-9-10-16(11-14(13)12-17)21(19,20)18-15-7-5-3-4-6-8-15/h9-11,15,18H,2-8,12,17H2,1H3. The van der Waals surface area contributed by atoms with Gasteiger partial charge >= 0.3 is 0 Å². The monoisotopic (exact) mass is 310 g/mol. The van der Waals surface area contributed by atoms with Crippen LogP contribution >= 0.6 is 0 Å². The van der Waals surface area contributed by atoms with Gasteiger partial charge in [-0.25, -0.2) is 13.1 Å². The average molecular weight is 310 g/mol. The Balaban J connectivity index is 2.18. The van der Waals surface area contributed by atoms with Gasteiger partial charge in [0.2, 0.25) is 10.0 Å². The van der Waals surface area contributed by atoms with Crippen molar-refractivity contribution in [3.8, 4) is 0 Å². The van der Waals surface area contributed by atoms with Crippen molar-refractivity contribution < 1.29 is 8.42 Å². The molecule has 0 unspecified atom stereocenters. The first-order valence-corrected chi connectivity index (χ1v) is 9.39. The number of rotatable bonds is 5. The van der Waals surface area contributed by atoms with E-state index in [1.54, 1.807) is 12.1 Å². The van der Waals surface area contributed by atoms with Crippen LogP contribution in [0.3, 0.4) is 0 Å². The van der Waals surface area contributed by atoms with E-state index in [0.717, 1.165) is 43.2 Å². The molecule has 118 valence electrons. The Kier molecular flexibility index (Phi) is 5.79. The molecule has 0 heterocycles. The van der Waals surface area contributed by atoms with Crippen molar-refractivity contribution in [3.05, 3.63) is 29.3 Å². The van der Waals surface area contributed by atoms with E-state index < -0.39 is 10.0 Å². The Labute approximate surface area is 128 Å². The minimum Gasteiger partial charge on any atom is -0.326 e. The Bertz CT molecular complexity index is 562. The maximum Gasteiger partial charge on any atom is 0.240 e. The fraction of sp³-hybridized carbons (Fsp3) is 0.625. The van der Waals surface area contributed by atoms with E-state index in [-0.39, 0.29) is 6.04 Å². The summed E-state index contributed by atoms with van der Waals surface area (Å²) in [6.07, 6.45) is 7.38. The molecule has 4 nitrogen and oxygen atoms in total. The van der Waals surface area contributed by atoms with Crippen molar-refractivity contribution >= 4 is 10.0 Å². The van der Waals surface area contributed by atoms with Crippen LogP contribution in [-0.4, -0.2) is 14.5 Å². The highest BCUT2D eigenvalue weighted by molar-refractivity contribution is 7.89. The Hall–Kier alpha value is -0.910. The van der Waals surface area contributed by atoms with Crippen LogP contribution in [0, 0.1) is 0 Å². The zero-order valence-corrected chi connectivity index (χ0v) is 13.6. The van der Waals surface area contributed by atoms with Gasteiger partial charge in [0.05, 0.1) is 4.90 Å². The SMILES string of the molecule is CCc1ccc(S(=O)(=O)NC2CCCCCC2)cc1CN. The molecule has 1 aromatic carbocycles. The van der Waals surface area contributed by atoms with Gasteiger partial charge in [0, 0.05) is 12.6 Å². The highest BCUT2D eigenvalue weighted by atomic mass is 32.2. The fourth-order valence-corrected chi connectivity index (χ4v) is 4.34. The molecule has 3 N–H and O–H groups in total. The number of sulfonamides is 1. The molecule has 0 spiro atoms. The van der Waals surface area contributed by atoms with Crippen LogP contribution < -0.4 is 10.5 Å². The smallest absolute Gasteiger partial charge is 0.240 e. The fourth-order valence-electron chi connectivity index (χ4n) is 2.99. The molecule has 0 saturated heterocycles. The second-order valence-electron chi connectivity index (χ2n) is 5.80. The normalized spacial score (nSPS) is 17.6. The predicted octanol–water partition coefficient (Wildman–Crippen LogP) is 2.71. The first-order valence-electron chi connectivity index (χ1n) is 7.91. The first kappa shape index (κ1) is 16.5. The highest BCUT2D eigenvalue weighted by Gasteiger charge is 2.21. The Morgan fingerprint density at radius 2 is 1.81 bits per heavy atom. The lowest BCUT2D eigenvalue weighted by molar-refractivity contribution is 0.510. The lowest BCUT2D eigenvalue weighted by atomic mass is 10.1. The maximum absolute atomic E-state index is 12.5. The number of hydrogen-bond acceptors (Lipinski definition) is 3. The van der Waals surface area contributed by atoms with Crippen molar-refractivity contribution in [2.24, 2.45) is 5.73 Å². The maximum atomic E-state index is 12.5. The van der Waals surface area contributed by atoms with E-state index in [0.29, 0.717) is 11.4 Å². The minimum absolute atomic E-state index is 0.0738. The van der Waals surface area contributed by atoms with Crippen molar-refractivity contribution in [1.82, 2.24) is 4.72 Å². The van der Waals surface area contributed by atoms with Gasteiger partial charge < -0.3 is 5.73 Å². The highest BCUT2D eigenvalue weighted by Crippen LogP contribution is 2.21. The number of aryl methyl sites for hydroxylation is 1. The Morgan fingerprint density at radius 3 is 2.38 bits per heavy atom. The molecule has 1 saturated carbocycles. The van der Waals surface area contributed by atoms with Crippen LogP contribution in [-0.2, 0) is 23.0 Å². The molecule has 0 bridgehead atoms. The van der Waals surface area contributed by atoms with Gasteiger partial charge in [-0.1, -0.05) is 38.7 Å². The summed E-state index contributed by atoms with van der Waals surface area (Å²) in [5.41, 5.74) is 7.76. The minimum atomic E-state index is -3.44. The average Bonchev–Trinajstić information content (AvgIpc) is 2.74. The van der Waals surface area contributed by atoms with Crippen LogP contribution in [0.25, 0.3) is 0 Å². The largest absolute Gasteiger partial charge is 0.326 e. The molecule has 21 heavy (non-hydrogen) atoms. The third-order valence-electron chi connectivity index (χ3n) is 4.27. The van der Waals surface area contributed by atoms with Crippen LogP contribution in [0.2, 0.25) is 0 Å². The zero-order chi connectivity index (χ0) is 15.3. The van der Waals surface area contributed by atoms with Gasteiger partial charge in [0.1, 0.15) is 0 Å². The quantitative estimate of drug-likeness (QED) is 0.821. The van der Waals surface area contributed by atoms with E-state index in [4.69, 9.17) is 5.73 Å². The molecule has 1 aliphatic carbocycles. The first-order chi connectivity index (χ1) is 10.1. The second-order valence-corrected chi connectivity index (χ2v) is 7.51. The molecule has 2 rings (SSSR count). The van der Waals surface area contributed by atoms with Gasteiger partial charge in [-0.05, 0) is 42.5 Å². The molecule has 1 fully saturated rings. The third kappa shape index (κ3) is 4.28. The van der Waals surface area contributed by atoms with Gasteiger partial charge in [-0.15, -0.1) is 0 Å². The molecular formula is C16H26N2O2S. The zero-order valence-electron chi connectivity index (χ0n) is 12.8. The van der Waals surface area contributed by atoms with Crippen molar-refractivity contribution in [3.63, 3.8) is 0 Å². The molecule has 0 radical (unpaired) electrons. The van der Waals surface area contributed by atoms with Crippen LogP contribution in [0.15, 0.2) is 23.1 Å². The van der Waals surface area contributed by atoms with E-state index in [2.05, 4.69) is 4.72 Å². The summed E-state index contributed by atoms with van der Waals surface area (Å²) < 4.78 is 27.9. The van der Waals surface area contributed by atoms with E-state index in [9.17, 15) is 8.42 Å². The van der Waals surface area contributed by atoms with E-state index in [1.165, 1.54) is 12.8 Å². The second kappa shape index (κ2) is 7.38. The van der Waals surface area contributed by atoms with E-state index >= 15 is 0 Å². The lowest BCUT2D eigenvalue weighted by Gasteiger charge is -2.17. The van der Waals surface area contributed by atoms with E-state index in [1.807, 2.05) is 13.0 Å². The molecule has 0 aromatic heterocycles. The predicted molar refractivity (Wildman–Crippen MR) is 85.5 cm³/mol. The van der Waals surface area contributed by atoms with Crippen LogP contribution in [0.1, 0.15) is 56.6 Å². The number of benzene rings is 1. The number of nitrogens with two attached hydrogens (primary N) is 1. The molecule has 1 aromatic rings. The van der Waals surface area contributed by atoms with Crippen molar-refractivity contribution in [1.29, 1.82) is 0 Å². The summed E-state index contributed by atoms with van der Waals surface area (Å²) >= 11 is 0. The summed E-state index contributed by atoms with van der Waals surface area (Å²) in [5.74, 6) is 0. The third-order valence-corrected chi connectivity index (χ3v) is 5.78. The summed E-state index contributed by atoms with van der Waals surface area (Å²) in [4.78, 5) is 0.337. The molecule has 5 heteroatoms. The van der Waals surface area contributed by atoms with Crippen molar-refractivity contribution in [2.45, 2.75) is 69.4 Å². The van der Waals surface area contributed by atoms with Gasteiger partial charge in [0.15, 0.2) is 0 Å². The van der Waals surface area contributed by atoms with Crippen LogP contribution in [0.4, 0.5) is 0 Å². The molecule has 0 aliphatic heterocycles. The topological polar surface area (TPSA) is 72.2 Å². The Morgan fingerprint density at radius 1 is 1.14 bits per heavy atom.